The average molecular weight is 192 g/mol. The summed E-state index contributed by atoms with van der Waals surface area (Å²) in [6, 6.07) is 0. The van der Waals surface area contributed by atoms with Crippen molar-refractivity contribution in [3.05, 3.63) is 4.91 Å². The molecule has 0 fully saturated rings. The van der Waals surface area contributed by atoms with Gasteiger partial charge in [-0.2, -0.15) is 5.01 Å². The van der Waals surface area contributed by atoms with E-state index in [1.807, 2.05) is 13.8 Å². The molecular weight excluding hydrogens is 179 g/mol. The van der Waals surface area contributed by atoms with Crippen molar-refractivity contribution in [1.82, 2.24) is 5.01 Å². The Kier molecular flexibility index (Phi) is 5.75. The van der Waals surface area contributed by atoms with Crippen LogP contribution in [0.5, 0.6) is 0 Å². The zero-order valence-corrected chi connectivity index (χ0v) is 7.70. The fourth-order valence-corrected chi connectivity index (χ4v) is 0.558. The predicted octanol–water partition coefficient (Wildman–Crippen LogP) is 1.73. The second kappa shape index (κ2) is 6.33. The van der Waals surface area contributed by atoms with Crippen LogP contribution in [0.2, 0.25) is 0 Å². The van der Waals surface area contributed by atoms with Gasteiger partial charge in [-0.15, -0.1) is 4.91 Å². The Labute approximate surface area is 75.8 Å². The molecule has 0 saturated heterocycles. The van der Waals surface area contributed by atoms with Crippen LogP contribution >= 0.6 is 0 Å². The minimum absolute atomic E-state index is 0.169. The lowest BCUT2D eigenvalue weighted by atomic mass is 10.2. The van der Waals surface area contributed by atoms with Crippen LogP contribution in [0.25, 0.3) is 0 Å². The molecule has 0 N–H and O–H groups in total. The van der Waals surface area contributed by atoms with Gasteiger partial charge in [-0.1, -0.05) is 13.8 Å². The number of amides is 1. The molecule has 0 spiro atoms. The van der Waals surface area contributed by atoms with E-state index in [4.69, 9.17) is 0 Å². The molecule has 0 heterocycles. The third-order valence-electron chi connectivity index (χ3n) is 1.15. The lowest BCUT2D eigenvalue weighted by Gasteiger charge is -2.12. The SMILES string of the molecule is CC(C)COC(=O)N(CCF)N=O. The molecule has 0 saturated carbocycles. The van der Waals surface area contributed by atoms with Gasteiger partial charge >= 0.3 is 6.09 Å². The highest BCUT2D eigenvalue weighted by Gasteiger charge is 2.15. The first-order chi connectivity index (χ1) is 6.11. The molecule has 0 aromatic rings. The number of halogens is 1. The van der Waals surface area contributed by atoms with Gasteiger partial charge in [0.1, 0.15) is 6.67 Å². The zero-order valence-electron chi connectivity index (χ0n) is 7.70. The van der Waals surface area contributed by atoms with Crippen LogP contribution in [0.4, 0.5) is 9.18 Å². The normalized spacial score (nSPS) is 9.85. The number of ether oxygens (including phenoxy) is 1. The van der Waals surface area contributed by atoms with Crippen molar-refractivity contribution in [3.63, 3.8) is 0 Å². The lowest BCUT2D eigenvalue weighted by molar-refractivity contribution is 0.0902. The molecule has 13 heavy (non-hydrogen) atoms. The monoisotopic (exact) mass is 192 g/mol. The van der Waals surface area contributed by atoms with Gasteiger partial charge in [0, 0.05) is 0 Å². The van der Waals surface area contributed by atoms with Gasteiger partial charge in [-0.25, -0.2) is 9.18 Å². The Morgan fingerprint density at radius 1 is 1.62 bits per heavy atom. The number of rotatable bonds is 5. The summed E-state index contributed by atoms with van der Waals surface area (Å²) in [6.07, 6.45) is -0.902. The average Bonchev–Trinajstić information content (AvgIpc) is 2.10. The second-order valence-corrected chi connectivity index (χ2v) is 2.86. The predicted molar refractivity (Wildman–Crippen MR) is 44.7 cm³/mol. The van der Waals surface area contributed by atoms with Crippen molar-refractivity contribution in [1.29, 1.82) is 0 Å². The summed E-state index contributed by atoms with van der Waals surface area (Å²) in [5, 5.41) is 2.74. The molecule has 0 aromatic heterocycles. The van der Waals surface area contributed by atoms with Gasteiger partial charge in [0.2, 0.25) is 0 Å². The molecule has 0 radical (unpaired) electrons. The quantitative estimate of drug-likeness (QED) is 0.492. The number of alkyl halides is 1. The standard InChI is InChI=1S/C7H13FN2O3/c1-6(2)5-13-7(11)10(9-12)4-3-8/h6H,3-5H2,1-2H3. The minimum atomic E-state index is -0.902. The highest BCUT2D eigenvalue weighted by atomic mass is 19.1. The molecule has 1 amide bonds. The van der Waals surface area contributed by atoms with Gasteiger partial charge in [0.05, 0.1) is 18.4 Å². The summed E-state index contributed by atoms with van der Waals surface area (Å²) in [4.78, 5) is 20.9. The van der Waals surface area contributed by atoms with Crippen molar-refractivity contribution >= 4 is 6.09 Å². The van der Waals surface area contributed by atoms with Crippen molar-refractivity contribution < 1.29 is 13.9 Å². The number of carbonyl (C=O) groups excluding carboxylic acids is 1. The number of carbonyl (C=O) groups is 1. The van der Waals surface area contributed by atoms with Crippen LogP contribution in [0, 0.1) is 10.8 Å². The Morgan fingerprint density at radius 3 is 2.62 bits per heavy atom. The maximum Gasteiger partial charge on any atom is 0.433 e. The summed E-state index contributed by atoms with van der Waals surface area (Å²) in [7, 11) is 0. The van der Waals surface area contributed by atoms with Crippen molar-refractivity contribution in [3.8, 4) is 0 Å². The summed E-state index contributed by atoms with van der Waals surface area (Å²) in [6.45, 7) is 2.71. The lowest BCUT2D eigenvalue weighted by Crippen LogP contribution is -2.29. The Bertz CT molecular complexity index is 175. The van der Waals surface area contributed by atoms with Crippen molar-refractivity contribution in [2.24, 2.45) is 11.2 Å². The smallest absolute Gasteiger partial charge is 0.433 e. The Morgan fingerprint density at radius 2 is 2.23 bits per heavy atom. The van der Waals surface area contributed by atoms with Crippen LogP contribution < -0.4 is 0 Å². The van der Waals surface area contributed by atoms with Crippen molar-refractivity contribution in [2.45, 2.75) is 13.8 Å². The van der Waals surface area contributed by atoms with Gasteiger partial charge in [0.15, 0.2) is 0 Å². The molecule has 0 aliphatic heterocycles. The number of hydrogen-bond acceptors (Lipinski definition) is 4. The Hall–Kier alpha value is -1.20. The van der Waals surface area contributed by atoms with E-state index >= 15 is 0 Å². The van der Waals surface area contributed by atoms with E-state index in [0.29, 0.717) is 5.01 Å². The van der Waals surface area contributed by atoms with E-state index in [2.05, 4.69) is 10.0 Å². The van der Waals surface area contributed by atoms with E-state index < -0.39 is 12.8 Å². The van der Waals surface area contributed by atoms with E-state index in [1.165, 1.54) is 0 Å². The first kappa shape index (κ1) is 11.8. The highest BCUT2D eigenvalue weighted by molar-refractivity contribution is 5.67. The third kappa shape index (κ3) is 5.10. The number of nitroso groups, excluding NO2 is 1. The highest BCUT2D eigenvalue weighted by Crippen LogP contribution is 1.99. The molecule has 5 nitrogen and oxygen atoms in total. The van der Waals surface area contributed by atoms with Crippen LogP contribution in [0.15, 0.2) is 5.29 Å². The Balaban J connectivity index is 3.84. The van der Waals surface area contributed by atoms with E-state index in [1.54, 1.807) is 0 Å². The molecule has 0 unspecified atom stereocenters. The molecular formula is C7H13FN2O3. The maximum atomic E-state index is 11.7. The van der Waals surface area contributed by atoms with Crippen LogP contribution in [0.3, 0.4) is 0 Å². The van der Waals surface area contributed by atoms with E-state index in [0.717, 1.165) is 0 Å². The summed E-state index contributed by atoms with van der Waals surface area (Å²) in [5.41, 5.74) is 0. The van der Waals surface area contributed by atoms with E-state index in [9.17, 15) is 14.1 Å². The first-order valence-corrected chi connectivity index (χ1v) is 3.95. The van der Waals surface area contributed by atoms with Gasteiger partial charge < -0.3 is 4.74 Å². The first-order valence-electron chi connectivity index (χ1n) is 3.95. The zero-order chi connectivity index (χ0) is 10.3. The van der Waals surface area contributed by atoms with Crippen molar-refractivity contribution in [2.75, 3.05) is 19.8 Å². The fraction of sp³-hybridized carbons (Fsp3) is 0.857. The maximum absolute atomic E-state index is 11.7. The molecule has 76 valence electrons. The molecule has 0 rings (SSSR count). The third-order valence-corrected chi connectivity index (χ3v) is 1.15. The van der Waals surface area contributed by atoms with Crippen LogP contribution in [-0.2, 0) is 4.74 Å². The largest absolute Gasteiger partial charge is 0.448 e. The number of hydrogen-bond donors (Lipinski definition) is 0. The van der Waals surface area contributed by atoms with Crippen LogP contribution in [0.1, 0.15) is 13.8 Å². The number of nitrogens with zero attached hydrogens (tertiary/aromatic N) is 2. The minimum Gasteiger partial charge on any atom is -0.448 e. The molecule has 0 aliphatic rings. The molecule has 0 bridgehead atoms. The summed E-state index contributed by atoms with van der Waals surface area (Å²) in [5.74, 6) is 0.169. The molecule has 0 aromatic carbocycles. The van der Waals surface area contributed by atoms with Gasteiger partial charge in [-0.3, -0.25) is 0 Å². The summed E-state index contributed by atoms with van der Waals surface area (Å²) < 4.78 is 16.4. The second-order valence-electron chi connectivity index (χ2n) is 2.86. The molecule has 0 atom stereocenters. The topological polar surface area (TPSA) is 59.0 Å². The van der Waals surface area contributed by atoms with Gasteiger partial charge in [0.25, 0.3) is 0 Å². The van der Waals surface area contributed by atoms with E-state index in [-0.39, 0.29) is 19.1 Å². The summed E-state index contributed by atoms with van der Waals surface area (Å²) >= 11 is 0. The fourth-order valence-electron chi connectivity index (χ4n) is 0.558. The van der Waals surface area contributed by atoms with Crippen LogP contribution in [-0.4, -0.2) is 30.9 Å². The molecule has 0 aliphatic carbocycles. The molecule has 6 heteroatoms. The van der Waals surface area contributed by atoms with Gasteiger partial charge in [-0.05, 0) is 5.92 Å².